The Kier molecular flexibility index (Phi) is 8.72. The van der Waals surface area contributed by atoms with Crippen molar-refractivity contribution in [3.63, 3.8) is 0 Å². The van der Waals surface area contributed by atoms with Crippen LogP contribution in [0.25, 0.3) is 0 Å². The second-order valence-electron chi connectivity index (χ2n) is 13.7. The zero-order chi connectivity index (χ0) is 26.9. The highest BCUT2D eigenvalue weighted by atomic mass is 28.4. The number of ether oxygens (including phenoxy) is 1. The van der Waals surface area contributed by atoms with Crippen LogP contribution in [0.2, 0.25) is 36.3 Å². The lowest BCUT2D eigenvalue weighted by molar-refractivity contribution is -0.141. The van der Waals surface area contributed by atoms with Gasteiger partial charge in [0.2, 0.25) is 0 Å². The monoisotopic (exact) mass is 528 g/mol. The Balaban J connectivity index is 1.87. The number of fused-ring (bicyclic) bond motifs is 1. The summed E-state index contributed by atoms with van der Waals surface area (Å²) in [6.45, 7) is 23.1. The third-order valence-corrected chi connectivity index (χ3v) is 18.0. The number of hydrogen-bond acceptors (Lipinski definition) is 4. The predicted octanol–water partition coefficient (Wildman–Crippen LogP) is 7.46. The summed E-state index contributed by atoms with van der Waals surface area (Å²) in [6, 6.07) is 9.86. The van der Waals surface area contributed by atoms with Gasteiger partial charge in [0.1, 0.15) is 24.2 Å². The molecule has 0 unspecified atom stereocenters. The Hall–Kier alpha value is -1.40. The summed E-state index contributed by atoms with van der Waals surface area (Å²) in [5.41, 5.74) is 0. The van der Waals surface area contributed by atoms with Gasteiger partial charge in [0.25, 0.3) is 0 Å². The van der Waals surface area contributed by atoms with Gasteiger partial charge >= 0.3 is 0 Å². The Morgan fingerprint density at radius 3 is 2.11 bits per heavy atom. The number of para-hydroxylation sites is 1. The minimum atomic E-state index is -2.06. The number of carbonyl (C=O) groups excluding carboxylic acids is 1. The van der Waals surface area contributed by atoms with Crippen LogP contribution < -0.4 is 4.74 Å². The average Bonchev–Trinajstić information content (AvgIpc) is 2.74. The van der Waals surface area contributed by atoms with Crippen LogP contribution in [0, 0.1) is 29.6 Å². The second kappa shape index (κ2) is 10.8. The Morgan fingerprint density at radius 1 is 0.944 bits per heavy atom. The zero-order valence-electron chi connectivity index (χ0n) is 24.2. The highest BCUT2D eigenvalue weighted by molar-refractivity contribution is 6.74. The fourth-order valence-corrected chi connectivity index (χ4v) is 7.13. The molecule has 0 heterocycles. The van der Waals surface area contributed by atoms with E-state index in [2.05, 4.69) is 79.6 Å². The fraction of sp³-hybridized carbons (Fsp3) is 0.700. The maximum Gasteiger partial charge on any atom is 0.193 e. The van der Waals surface area contributed by atoms with Crippen LogP contribution in [-0.4, -0.2) is 41.2 Å². The van der Waals surface area contributed by atoms with E-state index in [9.17, 15) is 4.79 Å². The molecule has 0 spiro atoms. The summed E-state index contributed by atoms with van der Waals surface area (Å²) < 4.78 is 19.8. The third kappa shape index (κ3) is 6.72. The van der Waals surface area contributed by atoms with Gasteiger partial charge in [0.15, 0.2) is 16.6 Å². The van der Waals surface area contributed by atoms with E-state index >= 15 is 0 Å². The van der Waals surface area contributed by atoms with E-state index in [1.807, 2.05) is 30.3 Å². The van der Waals surface area contributed by atoms with E-state index < -0.39 is 16.6 Å². The first-order valence-electron chi connectivity index (χ1n) is 13.6. The van der Waals surface area contributed by atoms with Crippen molar-refractivity contribution >= 4 is 22.4 Å². The van der Waals surface area contributed by atoms with Gasteiger partial charge in [0, 0.05) is 18.3 Å². The summed E-state index contributed by atoms with van der Waals surface area (Å²) in [5, 5.41) is 0.207. The van der Waals surface area contributed by atoms with Gasteiger partial charge in [-0.1, -0.05) is 71.6 Å². The minimum absolute atomic E-state index is 0.0674. The van der Waals surface area contributed by atoms with E-state index in [-0.39, 0.29) is 34.1 Å². The number of hydrogen-bond donors (Lipinski definition) is 0. The molecule has 0 radical (unpaired) electrons. The molecule has 3 rings (SSSR count). The second-order valence-corrected chi connectivity index (χ2v) is 23.3. The molecular weight excluding hydrogens is 480 g/mol. The van der Waals surface area contributed by atoms with Gasteiger partial charge < -0.3 is 13.6 Å². The normalized spacial score (nSPS) is 25.8. The lowest BCUT2D eigenvalue weighted by Gasteiger charge is -2.49. The van der Waals surface area contributed by atoms with Crippen molar-refractivity contribution in [1.82, 2.24) is 0 Å². The van der Waals surface area contributed by atoms with E-state index in [0.29, 0.717) is 24.7 Å². The van der Waals surface area contributed by atoms with Gasteiger partial charge in [-0.25, -0.2) is 0 Å². The molecule has 1 aromatic rings. The van der Waals surface area contributed by atoms with Crippen molar-refractivity contribution in [2.75, 3.05) is 6.61 Å². The van der Waals surface area contributed by atoms with Gasteiger partial charge in [-0.05, 0) is 67.2 Å². The molecule has 0 N–H and O–H groups in total. The van der Waals surface area contributed by atoms with Crippen LogP contribution in [0.4, 0.5) is 0 Å². The lowest BCUT2D eigenvalue weighted by Crippen LogP contribution is -2.53. The number of benzene rings is 1. The molecule has 2 aliphatic carbocycles. The first kappa shape index (κ1) is 29.2. The topological polar surface area (TPSA) is 44.8 Å². The molecule has 2 fully saturated rings. The Morgan fingerprint density at radius 2 is 1.56 bits per heavy atom. The minimum Gasteiger partial charge on any atom is -0.490 e. The summed E-state index contributed by atoms with van der Waals surface area (Å²) >= 11 is 0. The van der Waals surface area contributed by atoms with Crippen LogP contribution in [0.5, 0.6) is 5.75 Å². The SMILES string of the molecule is CC(C)(C)[Si](C)(C)O[C@@H](C#C[C@@H]1[C@H]2CC(=O)[C@H]2CC[C@H]1O[Si](C)(C)C(C)(C)C)COc1ccccc1. The van der Waals surface area contributed by atoms with Crippen LogP contribution in [0.3, 0.4) is 0 Å². The van der Waals surface area contributed by atoms with E-state index in [1.54, 1.807) is 0 Å². The summed E-state index contributed by atoms with van der Waals surface area (Å²) in [7, 11) is -4.02. The third-order valence-electron chi connectivity index (χ3n) is 9.04. The highest BCUT2D eigenvalue weighted by Gasteiger charge is 2.51. The first-order chi connectivity index (χ1) is 16.5. The number of ketones is 1. The van der Waals surface area contributed by atoms with Crippen molar-refractivity contribution in [1.29, 1.82) is 0 Å². The van der Waals surface area contributed by atoms with Crippen molar-refractivity contribution < 1.29 is 18.4 Å². The average molecular weight is 529 g/mol. The van der Waals surface area contributed by atoms with Gasteiger partial charge in [0.05, 0.1) is 6.10 Å². The van der Waals surface area contributed by atoms with E-state index in [1.165, 1.54) is 0 Å². The molecule has 1 aromatic carbocycles. The number of carbonyl (C=O) groups is 1. The van der Waals surface area contributed by atoms with Crippen LogP contribution in [0.1, 0.15) is 60.8 Å². The molecule has 0 aliphatic heterocycles. The molecule has 6 heteroatoms. The van der Waals surface area contributed by atoms with Crippen LogP contribution in [0.15, 0.2) is 30.3 Å². The van der Waals surface area contributed by atoms with Crippen molar-refractivity contribution in [2.24, 2.45) is 17.8 Å². The number of Topliss-reactive ketones (excluding diaryl/α,β-unsaturated/α-hetero) is 1. The predicted molar refractivity (Wildman–Crippen MR) is 153 cm³/mol. The van der Waals surface area contributed by atoms with Crippen molar-refractivity contribution in [2.45, 2.75) is 109 Å². The Bertz CT molecular complexity index is 963. The van der Waals surface area contributed by atoms with E-state index in [0.717, 1.165) is 18.6 Å². The molecule has 2 saturated carbocycles. The molecule has 0 saturated heterocycles. The highest BCUT2D eigenvalue weighted by Crippen LogP contribution is 2.49. The molecule has 0 amide bonds. The van der Waals surface area contributed by atoms with E-state index in [4.69, 9.17) is 13.6 Å². The molecule has 5 atom stereocenters. The standard InChI is InChI=1S/C30H48O4Si2/c1-29(2,3)35(7,8)33-23(21-32-22-14-12-11-13-15-22)16-17-25-26-20-27(31)24(26)18-19-28(25)34-36(9,10)30(4,5)6/h11-15,23-26,28H,18-21H2,1-10H3/t23-,24-,25+,26-,28+/m0/s1. The summed E-state index contributed by atoms with van der Waals surface area (Å²) in [6.07, 6.45) is 2.23. The van der Waals surface area contributed by atoms with Gasteiger partial charge in [-0.3, -0.25) is 4.79 Å². The smallest absolute Gasteiger partial charge is 0.193 e. The molecule has 0 aromatic heterocycles. The quantitative estimate of drug-likeness (QED) is 0.272. The fourth-order valence-electron chi connectivity index (χ4n) is 4.56. The first-order valence-corrected chi connectivity index (χ1v) is 19.4. The van der Waals surface area contributed by atoms with Crippen LogP contribution in [-0.2, 0) is 13.6 Å². The van der Waals surface area contributed by atoms with Crippen LogP contribution >= 0.6 is 0 Å². The maximum atomic E-state index is 12.3. The molecule has 2 aliphatic rings. The summed E-state index contributed by atoms with van der Waals surface area (Å²) in [4.78, 5) is 12.3. The molecule has 36 heavy (non-hydrogen) atoms. The molecule has 200 valence electrons. The zero-order valence-corrected chi connectivity index (χ0v) is 26.2. The molecular formula is C30H48O4Si2. The molecule has 0 bridgehead atoms. The maximum absolute atomic E-state index is 12.3. The lowest BCUT2D eigenvalue weighted by atomic mass is 9.59. The van der Waals surface area contributed by atoms with Crippen molar-refractivity contribution in [3.05, 3.63) is 30.3 Å². The Labute approximate surface area is 222 Å². The summed E-state index contributed by atoms with van der Waals surface area (Å²) in [5.74, 6) is 8.88. The number of rotatable bonds is 7. The van der Waals surface area contributed by atoms with Gasteiger partial charge in [-0.15, -0.1) is 0 Å². The molecule has 4 nitrogen and oxygen atoms in total. The van der Waals surface area contributed by atoms with Crippen molar-refractivity contribution in [3.8, 4) is 17.6 Å². The largest absolute Gasteiger partial charge is 0.490 e. The van der Waals surface area contributed by atoms with Gasteiger partial charge in [-0.2, -0.15) is 0 Å².